The monoisotopic (exact) mass is 226 g/mol. The number of halogens is 1. The van der Waals surface area contributed by atoms with Gasteiger partial charge in [-0.2, -0.15) is 0 Å². The lowest BCUT2D eigenvalue weighted by atomic mass is 10.0. The molecule has 16 heavy (non-hydrogen) atoms. The molecule has 1 aromatic carbocycles. The number of carbonyl (C=O) groups is 2. The fourth-order valence-electron chi connectivity index (χ4n) is 1.39. The number of rotatable bonds is 4. The van der Waals surface area contributed by atoms with Crippen LogP contribution >= 0.6 is 0 Å². The Labute approximate surface area is 91.3 Å². The molecule has 5 heteroatoms. The van der Waals surface area contributed by atoms with Gasteiger partial charge in [-0.05, 0) is 36.6 Å². The van der Waals surface area contributed by atoms with E-state index in [-0.39, 0.29) is 12.8 Å². The van der Waals surface area contributed by atoms with Gasteiger partial charge in [0, 0.05) is 6.42 Å². The number of aryl methyl sites for hydroxylation is 2. The molecule has 2 N–H and O–H groups in total. The van der Waals surface area contributed by atoms with Crippen molar-refractivity contribution in [3.63, 3.8) is 0 Å². The Morgan fingerprint density at radius 1 is 1.31 bits per heavy atom. The first-order valence-electron chi connectivity index (χ1n) is 4.66. The topological polar surface area (TPSA) is 74.6 Å². The van der Waals surface area contributed by atoms with Crippen LogP contribution in [-0.2, 0) is 11.2 Å². The third-order valence-corrected chi connectivity index (χ3v) is 2.26. The van der Waals surface area contributed by atoms with Crippen LogP contribution < -0.4 is 0 Å². The fraction of sp³-hybridized carbons (Fsp3) is 0.273. The minimum absolute atomic E-state index is 0.106. The third kappa shape index (κ3) is 2.79. The Bertz CT molecular complexity index is 440. The van der Waals surface area contributed by atoms with Crippen molar-refractivity contribution in [2.75, 3.05) is 0 Å². The molecule has 0 aromatic heterocycles. The van der Waals surface area contributed by atoms with Gasteiger partial charge in [-0.15, -0.1) is 0 Å². The van der Waals surface area contributed by atoms with Gasteiger partial charge < -0.3 is 10.2 Å². The Morgan fingerprint density at radius 3 is 2.44 bits per heavy atom. The van der Waals surface area contributed by atoms with E-state index in [9.17, 15) is 14.0 Å². The summed E-state index contributed by atoms with van der Waals surface area (Å²) in [7, 11) is 0. The van der Waals surface area contributed by atoms with E-state index in [4.69, 9.17) is 10.2 Å². The standard InChI is InChI=1S/C11H11FO4/c1-6-4-9(12)8(11(15)16)5-7(6)2-3-10(13)14/h4-5H,2-3H2,1H3,(H,13,14)(H,15,16). The molecule has 0 saturated heterocycles. The SMILES string of the molecule is Cc1cc(F)c(C(=O)O)cc1CCC(=O)O. The van der Waals surface area contributed by atoms with E-state index in [1.165, 1.54) is 6.07 Å². The Kier molecular flexibility index (Phi) is 3.60. The predicted octanol–water partition coefficient (Wildman–Crippen LogP) is 1.85. The van der Waals surface area contributed by atoms with E-state index in [0.29, 0.717) is 11.1 Å². The highest BCUT2D eigenvalue weighted by atomic mass is 19.1. The lowest BCUT2D eigenvalue weighted by Crippen LogP contribution is -2.05. The average Bonchev–Trinajstić information content (AvgIpc) is 2.15. The van der Waals surface area contributed by atoms with Crippen molar-refractivity contribution in [2.45, 2.75) is 19.8 Å². The van der Waals surface area contributed by atoms with Crippen LogP contribution in [0.25, 0.3) is 0 Å². The smallest absolute Gasteiger partial charge is 0.338 e. The molecule has 86 valence electrons. The minimum atomic E-state index is -1.35. The van der Waals surface area contributed by atoms with E-state index in [0.717, 1.165) is 6.07 Å². The zero-order valence-corrected chi connectivity index (χ0v) is 8.66. The summed E-state index contributed by atoms with van der Waals surface area (Å²) in [6.07, 6.45) is 0.0905. The first-order chi connectivity index (χ1) is 7.41. The number of hydrogen-bond acceptors (Lipinski definition) is 2. The summed E-state index contributed by atoms with van der Waals surface area (Å²) >= 11 is 0. The Morgan fingerprint density at radius 2 is 1.94 bits per heavy atom. The second-order valence-electron chi connectivity index (χ2n) is 3.46. The molecule has 4 nitrogen and oxygen atoms in total. The summed E-state index contributed by atoms with van der Waals surface area (Å²) in [5.41, 5.74) is 0.677. The van der Waals surface area contributed by atoms with Crippen LogP contribution in [-0.4, -0.2) is 22.2 Å². The maximum absolute atomic E-state index is 13.2. The van der Waals surface area contributed by atoms with Crippen LogP contribution in [0.2, 0.25) is 0 Å². The second-order valence-corrected chi connectivity index (χ2v) is 3.46. The molecule has 0 aliphatic heterocycles. The van der Waals surface area contributed by atoms with Gasteiger partial charge in [-0.25, -0.2) is 9.18 Å². The van der Waals surface area contributed by atoms with E-state index in [1.807, 2.05) is 0 Å². The zero-order chi connectivity index (χ0) is 12.3. The van der Waals surface area contributed by atoms with E-state index >= 15 is 0 Å². The number of carboxylic acids is 2. The molecule has 0 amide bonds. The van der Waals surface area contributed by atoms with Gasteiger partial charge in [-0.3, -0.25) is 4.79 Å². The third-order valence-electron chi connectivity index (χ3n) is 2.26. The van der Waals surface area contributed by atoms with Crippen molar-refractivity contribution in [1.82, 2.24) is 0 Å². The maximum atomic E-state index is 13.2. The second kappa shape index (κ2) is 4.74. The van der Waals surface area contributed by atoms with Crippen LogP contribution in [0, 0.1) is 12.7 Å². The lowest BCUT2D eigenvalue weighted by Gasteiger charge is -2.06. The van der Waals surface area contributed by atoms with Crippen molar-refractivity contribution in [3.05, 3.63) is 34.6 Å². The molecular weight excluding hydrogens is 215 g/mol. The number of hydrogen-bond donors (Lipinski definition) is 2. The molecule has 0 spiro atoms. The summed E-state index contributed by atoms with van der Waals surface area (Å²) < 4.78 is 13.2. The summed E-state index contributed by atoms with van der Waals surface area (Å²) in [5.74, 6) is -3.13. The van der Waals surface area contributed by atoms with Gasteiger partial charge in [0.15, 0.2) is 0 Å². The Balaban J connectivity index is 3.05. The van der Waals surface area contributed by atoms with Crippen LogP contribution in [0.5, 0.6) is 0 Å². The maximum Gasteiger partial charge on any atom is 0.338 e. The van der Waals surface area contributed by atoms with Crippen LogP contribution in [0.15, 0.2) is 12.1 Å². The van der Waals surface area contributed by atoms with Gasteiger partial charge in [0.05, 0.1) is 5.56 Å². The molecule has 0 aliphatic carbocycles. The summed E-state index contributed by atoms with van der Waals surface area (Å²) in [6.45, 7) is 1.62. The molecule has 0 radical (unpaired) electrons. The molecule has 1 aromatic rings. The molecule has 0 heterocycles. The summed E-state index contributed by atoms with van der Waals surface area (Å²) in [6, 6.07) is 2.30. The highest BCUT2D eigenvalue weighted by molar-refractivity contribution is 5.88. The van der Waals surface area contributed by atoms with Gasteiger partial charge in [0.2, 0.25) is 0 Å². The number of benzene rings is 1. The average molecular weight is 226 g/mol. The molecule has 0 atom stereocenters. The number of aromatic carboxylic acids is 1. The quantitative estimate of drug-likeness (QED) is 0.821. The zero-order valence-electron chi connectivity index (χ0n) is 8.66. The normalized spacial score (nSPS) is 10.1. The minimum Gasteiger partial charge on any atom is -0.481 e. The van der Waals surface area contributed by atoms with Crippen molar-refractivity contribution in [1.29, 1.82) is 0 Å². The van der Waals surface area contributed by atoms with Crippen molar-refractivity contribution in [2.24, 2.45) is 0 Å². The van der Waals surface area contributed by atoms with Crippen molar-refractivity contribution >= 4 is 11.9 Å². The van der Waals surface area contributed by atoms with Crippen molar-refractivity contribution < 1.29 is 24.2 Å². The van der Waals surface area contributed by atoms with Crippen molar-refractivity contribution in [3.8, 4) is 0 Å². The van der Waals surface area contributed by atoms with Gasteiger partial charge in [0.1, 0.15) is 5.82 Å². The molecule has 0 fully saturated rings. The highest BCUT2D eigenvalue weighted by Crippen LogP contribution is 2.17. The Hall–Kier alpha value is -1.91. The van der Waals surface area contributed by atoms with E-state index in [2.05, 4.69) is 0 Å². The van der Waals surface area contributed by atoms with Crippen LogP contribution in [0.3, 0.4) is 0 Å². The summed E-state index contributed by atoms with van der Waals surface area (Å²) in [4.78, 5) is 21.0. The molecule has 0 saturated carbocycles. The van der Waals surface area contributed by atoms with E-state index in [1.54, 1.807) is 6.92 Å². The summed E-state index contributed by atoms with van der Waals surface area (Å²) in [5, 5.41) is 17.2. The first kappa shape index (κ1) is 12.2. The molecule has 1 rings (SSSR count). The van der Waals surface area contributed by atoms with Gasteiger partial charge in [-0.1, -0.05) is 0 Å². The van der Waals surface area contributed by atoms with E-state index < -0.39 is 23.3 Å². The van der Waals surface area contributed by atoms with Gasteiger partial charge >= 0.3 is 11.9 Å². The fourth-order valence-corrected chi connectivity index (χ4v) is 1.39. The lowest BCUT2D eigenvalue weighted by molar-refractivity contribution is -0.136. The largest absolute Gasteiger partial charge is 0.481 e. The number of aliphatic carboxylic acids is 1. The predicted molar refractivity (Wildman–Crippen MR) is 54.1 cm³/mol. The molecule has 0 aliphatic rings. The first-order valence-corrected chi connectivity index (χ1v) is 4.66. The number of carboxylic acid groups (broad SMARTS) is 2. The molecule has 0 bridgehead atoms. The highest BCUT2D eigenvalue weighted by Gasteiger charge is 2.13. The molecular formula is C11H11FO4. The van der Waals surface area contributed by atoms with Crippen LogP contribution in [0.1, 0.15) is 27.9 Å². The molecule has 0 unspecified atom stereocenters. The van der Waals surface area contributed by atoms with Crippen LogP contribution in [0.4, 0.5) is 4.39 Å². The van der Waals surface area contributed by atoms with Gasteiger partial charge in [0.25, 0.3) is 0 Å².